The molecule has 0 aromatic heterocycles. The van der Waals surface area contributed by atoms with Crippen molar-refractivity contribution in [1.29, 1.82) is 0 Å². The molecule has 0 unspecified atom stereocenters. The lowest BCUT2D eigenvalue weighted by atomic mass is 10.0. The molecule has 104 valence electrons. The number of hydrogen-bond acceptors (Lipinski definition) is 2. The fourth-order valence-electron chi connectivity index (χ4n) is 1.86. The van der Waals surface area contributed by atoms with E-state index in [9.17, 15) is 9.18 Å². The van der Waals surface area contributed by atoms with E-state index in [2.05, 4.69) is 0 Å². The number of halogens is 1. The molecule has 2 aromatic carbocycles. The Kier molecular flexibility index (Phi) is 4.35. The van der Waals surface area contributed by atoms with Crippen LogP contribution in [-0.4, -0.2) is 17.7 Å². The summed E-state index contributed by atoms with van der Waals surface area (Å²) in [6, 6.07) is 10.6. The van der Waals surface area contributed by atoms with Gasteiger partial charge in [0.25, 0.3) is 0 Å². The molecule has 4 heteroatoms. The molecule has 0 saturated carbocycles. The molecule has 2 rings (SSSR count). The Bertz CT molecular complexity index is 606. The number of ether oxygens (including phenoxy) is 1. The van der Waals surface area contributed by atoms with E-state index in [1.165, 1.54) is 18.2 Å². The lowest BCUT2D eigenvalue weighted by molar-refractivity contribution is 0.0697. The molecule has 0 aliphatic carbocycles. The predicted octanol–water partition coefficient (Wildman–Crippen LogP) is 3.98. The number of aromatic carboxylic acids is 1. The maximum absolute atomic E-state index is 13.0. The number of carboxylic acids is 1. The zero-order valence-corrected chi connectivity index (χ0v) is 11.1. The fraction of sp³-hybridized carbons (Fsp3) is 0.188. The van der Waals surface area contributed by atoms with Crippen LogP contribution in [0.15, 0.2) is 42.5 Å². The Morgan fingerprint density at radius 1 is 1.20 bits per heavy atom. The third-order valence-electron chi connectivity index (χ3n) is 2.84. The number of rotatable bonds is 5. The zero-order chi connectivity index (χ0) is 14.5. The summed E-state index contributed by atoms with van der Waals surface area (Å²) in [7, 11) is 0. The van der Waals surface area contributed by atoms with Crippen molar-refractivity contribution in [1.82, 2.24) is 0 Å². The van der Waals surface area contributed by atoms with Crippen LogP contribution in [0.2, 0.25) is 0 Å². The Morgan fingerprint density at radius 2 is 1.90 bits per heavy atom. The van der Waals surface area contributed by atoms with Crippen LogP contribution in [0.5, 0.6) is 5.75 Å². The van der Waals surface area contributed by atoms with Gasteiger partial charge in [-0.2, -0.15) is 0 Å². The van der Waals surface area contributed by atoms with Crippen LogP contribution in [0.4, 0.5) is 4.39 Å². The third kappa shape index (κ3) is 3.15. The van der Waals surface area contributed by atoms with E-state index in [0.29, 0.717) is 17.9 Å². The number of benzene rings is 2. The van der Waals surface area contributed by atoms with Crippen LogP contribution in [0.1, 0.15) is 23.7 Å². The SMILES string of the molecule is CCCOc1ccc(C(=O)O)cc1-c1ccc(F)cc1. The predicted molar refractivity (Wildman–Crippen MR) is 74.6 cm³/mol. The number of carbonyl (C=O) groups is 1. The Hall–Kier alpha value is -2.36. The molecule has 0 aliphatic rings. The second kappa shape index (κ2) is 6.19. The molecule has 0 radical (unpaired) electrons. The van der Waals surface area contributed by atoms with Gasteiger partial charge in [-0.3, -0.25) is 0 Å². The summed E-state index contributed by atoms with van der Waals surface area (Å²) in [5, 5.41) is 9.07. The van der Waals surface area contributed by atoms with Gasteiger partial charge in [-0.25, -0.2) is 9.18 Å². The molecular weight excluding hydrogens is 259 g/mol. The molecule has 1 N–H and O–H groups in total. The Morgan fingerprint density at radius 3 is 2.50 bits per heavy atom. The molecular formula is C16H15FO3. The standard InChI is InChI=1S/C16H15FO3/c1-2-9-20-15-8-5-12(16(18)19)10-14(15)11-3-6-13(17)7-4-11/h3-8,10H,2,9H2,1H3,(H,18,19). The summed E-state index contributed by atoms with van der Waals surface area (Å²) < 4.78 is 18.6. The minimum Gasteiger partial charge on any atom is -0.493 e. The van der Waals surface area contributed by atoms with Crippen molar-refractivity contribution in [2.24, 2.45) is 0 Å². The zero-order valence-electron chi connectivity index (χ0n) is 11.1. The van der Waals surface area contributed by atoms with E-state index in [1.54, 1.807) is 24.3 Å². The van der Waals surface area contributed by atoms with Crippen molar-refractivity contribution in [2.45, 2.75) is 13.3 Å². The van der Waals surface area contributed by atoms with Crippen molar-refractivity contribution < 1.29 is 19.0 Å². The minimum absolute atomic E-state index is 0.174. The first-order chi connectivity index (χ1) is 9.61. The largest absolute Gasteiger partial charge is 0.493 e. The van der Waals surface area contributed by atoms with E-state index in [4.69, 9.17) is 9.84 Å². The first-order valence-electron chi connectivity index (χ1n) is 6.38. The summed E-state index contributed by atoms with van der Waals surface area (Å²) in [5.41, 5.74) is 1.55. The van der Waals surface area contributed by atoms with Crippen LogP contribution in [0.3, 0.4) is 0 Å². The smallest absolute Gasteiger partial charge is 0.335 e. The molecule has 0 saturated heterocycles. The molecule has 3 nitrogen and oxygen atoms in total. The summed E-state index contributed by atoms with van der Waals surface area (Å²) in [6.45, 7) is 2.53. The first kappa shape index (κ1) is 14.1. The molecule has 20 heavy (non-hydrogen) atoms. The van der Waals surface area contributed by atoms with E-state index >= 15 is 0 Å². The topological polar surface area (TPSA) is 46.5 Å². The maximum Gasteiger partial charge on any atom is 0.335 e. The summed E-state index contributed by atoms with van der Waals surface area (Å²) in [5.74, 6) is -0.738. The molecule has 0 atom stereocenters. The number of hydrogen-bond donors (Lipinski definition) is 1. The average molecular weight is 274 g/mol. The fourth-order valence-corrected chi connectivity index (χ4v) is 1.86. The lowest BCUT2D eigenvalue weighted by Crippen LogP contribution is -2.01. The average Bonchev–Trinajstić information content (AvgIpc) is 2.45. The normalized spacial score (nSPS) is 10.3. The second-order valence-electron chi connectivity index (χ2n) is 4.37. The molecule has 0 bridgehead atoms. The lowest BCUT2D eigenvalue weighted by Gasteiger charge is -2.12. The van der Waals surface area contributed by atoms with Crippen molar-refractivity contribution in [3.05, 3.63) is 53.8 Å². The van der Waals surface area contributed by atoms with Crippen molar-refractivity contribution in [3.63, 3.8) is 0 Å². The maximum atomic E-state index is 13.0. The van der Waals surface area contributed by atoms with Crippen LogP contribution in [0.25, 0.3) is 11.1 Å². The summed E-state index contributed by atoms with van der Waals surface area (Å²) >= 11 is 0. The van der Waals surface area contributed by atoms with Gasteiger partial charge < -0.3 is 9.84 Å². The quantitative estimate of drug-likeness (QED) is 0.897. The highest BCUT2D eigenvalue weighted by Crippen LogP contribution is 2.31. The molecule has 2 aromatic rings. The molecule has 0 aliphatic heterocycles. The first-order valence-corrected chi connectivity index (χ1v) is 6.38. The van der Waals surface area contributed by atoms with Gasteiger partial charge in [0.15, 0.2) is 0 Å². The van der Waals surface area contributed by atoms with Gasteiger partial charge in [-0.15, -0.1) is 0 Å². The molecule has 0 spiro atoms. The van der Waals surface area contributed by atoms with Crippen LogP contribution >= 0.6 is 0 Å². The minimum atomic E-state index is -1.00. The van der Waals surface area contributed by atoms with E-state index in [-0.39, 0.29) is 11.4 Å². The number of carboxylic acid groups (broad SMARTS) is 1. The van der Waals surface area contributed by atoms with Gasteiger partial charge in [-0.1, -0.05) is 19.1 Å². The van der Waals surface area contributed by atoms with E-state index in [0.717, 1.165) is 12.0 Å². The van der Waals surface area contributed by atoms with E-state index < -0.39 is 5.97 Å². The van der Waals surface area contributed by atoms with Crippen molar-refractivity contribution in [3.8, 4) is 16.9 Å². The van der Waals surface area contributed by atoms with Crippen LogP contribution < -0.4 is 4.74 Å². The van der Waals surface area contributed by atoms with Gasteiger partial charge >= 0.3 is 5.97 Å². The molecule has 0 heterocycles. The highest BCUT2D eigenvalue weighted by Gasteiger charge is 2.11. The summed E-state index contributed by atoms with van der Waals surface area (Å²) in [4.78, 5) is 11.1. The van der Waals surface area contributed by atoms with Crippen LogP contribution in [-0.2, 0) is 0 Å². The summed E-state index contributed by atoms with van der Waals surface area (Å²) in [6.07, 6.45) is 0.851. The molecule has 0 fully saturated rings. The van der Waals surface area contributed by atoms with Gasteiger partial charge in [0.1, 0.15) is 11.6 Å². The Labute approximate surface area is 116 Å². The van der Waals surface area contributed by atoms with Gasteiger partial charge in [0.05, 0.1) is 12.2 Å². The van der Waals surface area contributed by atoms with E-state index in [1.807, 2.05) is 6.92 Å². The second-order valence-corrected chi connectivity index (χ2v) is 4.37. The molecule has 0 amide bonds. The van der Waals surface area contributed by atoms with Crippen molar-refractivity contribution in [2.75, 3.05) is 6.61 Å². The van der Waals surface area contributed by atoms with Gasteiger partial charge in [-0.05, 0) is 42.3 Å². The highest BCUT2D eigenvalue weighted by atomic mass is 19.1. The van der Waals surface area contributed by atoms with Gasteiger partial charge in [0.2, 0.25) is 0 Å². The van der Waals surface area contributed by atoms with Gasteiger partial charge in [0, 0.05) is 5.56 Å². The highest BCUT2D eigenvalue weighted by molar-refractivity contribution is 5.90. The van der Waals surface area contributed by atoms with Crippen LogP contribution in [0, 0.1) is 5.82 Å². The van der Waals surface area contributed by atoms with Crippen molar-refractivity contribution >= 4 is 5.97 Å². The monoisotopic (exact) mass is 274 g/mol. The third-order valence-corrected chi connectivity index (χ3v) is 2.84. The Balaban J connectivity index is 2.47.